The molecule has 3 atom stereocenters. The van der Waals surface area contributed by atoms with Crippen LogP contribution in [-0.4, -0.2) is 90.5 Å². The molecule has 3 aliphatic rings. The number of amides is 5. The van der Waals surface area contributed by atoms with Crippen molar-refractivity contribution in [1.29, 1.82) is 0 Å². The van der Waals surface area contributed by atoms with Crippen LogP contribution in [0.2, 0.25) is 0 Å². The molecule has 0 bridgehead atoms. The molecule has 5 amide bonds. The van der Waals surface area contributed by atoms with Gasteiger partial charge in [-0.15, -0.1) is 0 Å². The van der Waals surface area contributed by atoms with Gasteiger partial charge in [-0.1, -0.05) is 31.5 Å². The summed E-state index contributed by atoms with van der Waals surface area (Å²) in [6, 6.07) is 10.4. The van der Waals surface area contributed by atoms with E-state index in [1.54, 1.807) is 0 Å². The van der Waals surface area contributed by atoms with Crippen molar-refractivity contribution in [1.82, 2.24) is 26.2 Å². The number of urea groups is 1. The zero-order valence-electron chi connectivity index (χ0n) is 24.9. The van der Waals surface area contributed by atoms with Gasteiger partial charge in [-0.3, -0.25) is 14.4 Å². The van der Waals surface area contributed by atoms with E-state index in [2.05, 4.69) is 33.1 Å². The Bertz CT molecular complexity index is 1050. The first-order valence-electron chi connectivity index (χ1n) is 15.8. The predicted molar refractivity (Wildman–Crippen MR) is 172 cm³/mol. The van der Waals surface area contributed by atoms with E-state index < -0.39 is 0 Å². The quantitative estimate of drug-likeness (QED) is 0.169. The molecule has 3 fully saturated rings. The van der Waals surface area contributed by atoms with Gasteiger partial charge in [0, 0.05) is 71.0 Å². The van der Waals surface area contributed by atoms with Crippen molar-refractivity contribution in [2.24, 2.45) is 0 Å². The minimum Gasteiger partial charge on any atom is -0.354 e. The van der Waals surface area contributed by atoms with E-state index >= 15 is 0 Å². The van der Waals surface area contributed by atoms with E-state index in [1.165, 1.54) is 0 Å². The van der Waals surface area contributed by atoms with Gasteiger partial charge >= 0.3 is 6.03 Å². The number of nitrogens with one attached hydrogen (secondary N) is 4. The SMILES string of the molecule is CCCN1CCC(N(C(=O)CCCC(=O)NCCNC(=O)CCCC[C@@H]2SC[C@@H]3NC(=O)N[C@@H]32)c2ccccc2)CC1.[HH].[HH]. The zero-order chi connectivity index (χ0) is 29.7. The molecule has 0 spiro atoms. The van der Waals surface area contributed by atoms with Gasteiger partial charge in [0.15, 0.2) is 0 Å². The second-order valence-corrected chi connectivity index (χ2v) is 12.9. The van der Waals surface area contributed by atoms with Crippen molar-refractivity contribution in [3.63, 3.8) is 0 Å². The summed E-state index contributed by atoms with van der Waals surface area (Å²) in [6.45, 7) is 6.08. The Labute approximate surface area is 257 Å². The highest BCUT2D eigenvalue weighted by molar-refractivity contribution is 8.00. The molecule has 3 heterocycles. The lowest BCUT2D eigenvalue weighted by Gasteiger charge is -2.38. The van der Waals surface area contributed by atoms with Crippen molar-refractivity contribution < 1.29 is 22.0 Å². The number of carbonyl (C=O) groups is 4. The number of para-hydroxylation sites is 1. The van der Waals surface area contributed by atoms with Crippen LogP contribution in [0.1, 0.15) is 74.0 Å². The van der Waals surface area contributed by atoms with Crippen LogP contribution in [0.15, 0.2) is 30.3 Å². The Morgan fingerprint density at radius 1 is 0.976 bits per heavy atom. The number of carbonyl (C=O) groups excluding carboxylic acids is 4. The molecular weight excluding hydrogens is 552 g/mol. The molecule has 0 radical (unpaired) electrons. The summed E-state index contributed by atoms with van der Waals surface area (Å²) < 4.78 is 0. The fourth-order valence-electron chi connectivity index (χ4n) is 6.24. The van der Waals surface area contributed by atoms with Gasteiger partial charge in [0.25, 0.3) is 0 Å². The normalized spacial score (nSPS) is 22.2. The first kappa shape index (κ1) is 32.1. The number of likely N-dealkylation sites (tertiary alicyclic amines) is 1. The fourth-order valence-corrected chi connectivity index (χ4v) is 7.78. The van der Waals surface area contributed by atoms with Gasteiger partial charge in [0.1, 0.15) is 0 Å². The lowest BCUT2D eigenvalue weighted by atomic mass is 10.0. The fraction of sp³-hybridized carbons (Fsp3) is 0.677. The highest BCUT2D eigenvalue weighted by atomic mass is 32.2. The van der Waals surface area contributed by atoms with Gasteiger partial charge in [0.2, 0.25) is 17.7 Å². The van der Waals surface area contributed by atoms with Crippen molar-refractivity contribution in [3.05, 3.63) is 30.3 Å². The van der Waals surface area contributed by atoms with Crippen LogP contribution in [-0.2, 0) is 14.4 Å². The molecule has 1 aromatic carbocycles. The number of rotatable bonds is 16. The molecular formula is C31H52N6O4S. The third kappa shape index (κ3) is 9.62. The summed E-state index contributed by atoms with van der Waals surface area (Å²) in [6.07, 6.45) is 7.38. The number of piperidine rings is 1. The van der Waals surface area contributed by atoms with Crippen molar-refractivity contribution in [2.75, 3.05) is 43.4 Å². The first-order chi connectivity index (χ1) is 20.4. The Morgan fingerprint density at radius 3 is 2.36 bits per heavy atom. The number of nitrogens with zero attached hydrogens (tertiary/aromatic N) is 2. The minimum atomic E-state index is -0.1000. The van der Waals surface area contributed by atoms with Crippen LogP contribution >= 0.6 is 11.8 Å². The molecule has 4 N–H and O–H groups in total. The smallest absolute Gasteiger partial charge is 0.315 e. The largest absolute Gasteiger partial charge is 0.354 e. The van der Waals surface area contributed by atoms with E-state index in [9.17, 15) is 19.2 Å². The van der Waals surface area contributed by atoms with Gasteiger partial charge in [0.05, 0.1) is 12.1 Å². The molecule has 1 aromatic rings. The second kappa shape index (κ2) is 16.7. The standard InChI is InChI=1S/C31H48N6O4S.2H2/c1-2-19-36-20-15-24(16-21-36)37(23-9-4-3-5-10-23)29(40)14-8-13-28(39)33-18-17-32-27(38)12-7-6-11-26-30-25(22-42-26)34-31(41)35-30;;/h3-5,9-10,24-26,30H,2,6-8,11-22H2,1H3,(H,32,38)(H,33,39)(H2,34,35,41);2*1H/t25-,26-,30-;;/m0../s1. The van der Waals surface area contributed by atoms with Crippen LogP contribution in [0.25, 0.3) is 0 Å². The lowest BCUT2D eigenvalue weighted by Crippen LogP contribution is -2.47. The maximum Gasteiger partial charge on any atom is 0.315 e. The average molecular weight is 605 g/mol. The summed E-state index contributed by atoms with van der Waals surface area (Å²) >= 11 is 1.89. The monoisotopic (exact) mass is 604 g/mol. The third-order valence-corrected chi connectivity index (χ3v) is 9.92. The number of thioether (sulfide) groups is 1. The van der Waals surface area contributed by atoms with Crippen LogP contribution in [0.4, 0.5) is 10.5 Å². The van der Waals surface area contributed by atoms with Crippen molar-refractivity contribution in [2.45, 2.75) is 94.5 Å². The Hall–Kier alpha value is -2.79. The van der Waals surface area contributed by atoms with Crippen LogP contribution in [0.3, 0.4) is 0 Å². The maximum absolute atomic E-state index is 13.3. The molecule has 10 nitrogen and oxygen atoms in total. The van der Waals surface area contributed by atoms with E-state index in [-0.39, 0.29) is 51.2 Å². The molecule has 0 aliphatic carbocycles. The second-order valence-electron chi connectivity index (χ2n) is 11.6. The third-order valence-electron chi connectivity index (χ3n) is 8.41. The Kier molecular flexibility index (Phi) is 12.8. The summed E-state index contributed by atoms with van der Waals surface area (Å²) in [5, 5.41) is 12.1. The summed E-state index contributed by atoms with van der Waals surface area (Å²) in [4.78, 5) is 53.8. The Balaban J connectivity index is 0.00000337. The molecule has 4 rings (SSSR count). The van der Waals surface area contributed by atoms with Crippen LogP contribution in [0, 0.1) is 0 Å². The van der Waals surface area contributed by atoms with E-state index in [4.69, 9.17) is 0 Å². The lowest BCUT2D eigenvalue weighted by molar-refractivity contribution is -0.123. The molecule has 0 unspecified atom stereocenters. The van der Waals surface area contributed by atoms with E-state index in [0.717, 1.165) is 69.6 Å². The average Bonchev–Trinajstić information content (AvgIpc) is 3.54. The van der Waals surface area contributed by atoms with Gasteiger partial charge in [-0.2, -0.15) is 11.8 Å². The summed E-state index contributed by atoms with van der Waals surface area (Å²) in [7, 11) is 0. The van der Waals surface area contributed by atoms with Gasteiger partial charge in [-0.05, 0) is 57.2 Å². The number of benzene rings is 1. The Morgan fingerprint density at radius 2 is 1.67 bits per heavy atom. The number of anilines is 1. The topological polar surface area (TPSA) is 123 Å². The zero-order valence-corrected chi connectivity index (χ0v) is 25.8. The van der Waals surface area contributed by atoms with Crippen LogP contribution in [0.5, 0.6) is 0 Å². The number of hydrogen-bond donors (Lipinski definition) is 4. The maximum atomic E-state index is 13.3. The number of unbranched alkanes of at least 4 members (excludes halogenated alkanes) is 1. The molecule has 3 saturated heterocycles. The minimum absolute atomic E-state index is 0. The molecule has 11 heteroatoms. The highest BCUT2D eigenvalue weighted by Crippen LogP contribution is 2.33. The molecule has 236 valence electrons. The molecule has 42 heavy (non-hydrogen) atoms. The summed E-state index contributed by atoms with van der Waals surface area (Å²) in [5.74, 6) is 0.911. The van der Waals surface area contributed by atoms with Crippen molar-refractivity contribution in [3.8, 4) is 0 Å². The number of fused-ring (bicyclic) bond motifs is 1. The van der Waals surface area contributed by atoms with Gasteiger partial charge in [-0.25, -0.2) is 4.79 Å². The first-order valence-corrected chi connectivity index (χ1v) is 16.8. The molecule has 0 aromatic heterocycles. The van der Waals surface area contributed by atoms with E-state index in [1.807, 2.05) is 47.0 Å². The highest BCUT2D eigenvalue weighted by Gasteiger charge is 2.42. The number of hydrogen-bond acceptors (Lipinski definition) is 6. The molecule has 0 saturated carbocycles. The summed E-state index contributed by atoms with van der Waals surface area (Å²) in [5.41, 5.74) is 0.933. The van der Waals surface area contributed by atoms with Gasteiger partial charge < -0.3 is 31.1 Å². The van der Waals surface area contributed by atoms with E-state index in [0.29, 0.717) is 37.6 Å². The molecule has 3 aliphatic heterocycles. The predicted octanol–water partition coefficient (Wildman–Crippen LogP) is 3.51. The van der Waals surface area contributed by atoms with Crippen LogP contribution < -0.4 is 26.2 Å². The van der Waals surface area contributed by atoms with Crippen molar-refractivity contribution >= 4 is 41.2 Å².